The Balaban J connectivity index is 1.75. The lowest BCUT2D eigenvalue weighted by molar-refractivity contribution is 0.111. The summed E-state index contributed by atoms with van der Waals surface area (Å²) in [5.41, 5.74) is 0. The summed E-state index contributed by atoms with van der Waals surface area (Å²) < 4.78 is 0. The molecule has 1 fully saturated rings. The standard InChI is InChI=1S/C11H17NOS/c13-10-4-1-3-9(7-10)12-8-11-5-2-6-14-11/h2,5-6,9-10,12-13H,1,3-4,7-8H2. The fourth-order valence-corrected chi connectivity index (χ4v) is 2.66. The summed E-state index contributed by atoms with van der Waals surface area (Å²) in [5.74, 6) is 0. The van der Waals surface area contributed by atoms with Gasteiger partial charge in [-0.25, -0.2) is 0 Å². The van der Waals surface area contributed by atoms with E-state index in [1.54, 1.807) is 11.3 Å². The van der Waals surface area contributed by atoms with E-state index in [0.717, 1.165) is 25.8 Å². The van der Waals surface area contributed by atoms with Crippen LogP contribution in [0.4, 0.5) is 0 Å². The Kier molecular flexibility index (Phi) is 3.56. The third-order valence-electron chi connectivity index (χ3n) is 2.79. The predicted octanol–water partition coefficient (Wildman–Crippen LogP) is 2.14. The van der Waals surface area contributed by atoms with E-state index in [1.165, 1.54) is 11.3 Å². The van der Waals surface area contributed by atoms with Gasteiger partial charge in [-0.2, -0.15) is 0 Å². The van der Waals surface area contributed by atoms with Gasteiger partial charge in [0.25, 0.3) is 0 Å². The molecule has 1 saturated carbocycles. The largest absolute Gasteiger partial charge is 0.393 e. The molecule has 0 spiro atoms. The first-order valence-electron chi connectivity index (χ1n) is 5.28. The Bertz CT molecular complexity index is 260. The maximum Gasteiger partial charge on any atom is 0.0555 e. The van der Waals surface area contributed by atoms with Crippen molar-refractivity contribution < 1.29 is 5.11 Å². The third-order valence-corrected chi connectivity index (χ3v) is 3.67. The van der Waals surface area contributed by atoms with E-state index in [1.807, 2.05) is 0 Å². The van der Waals surface area contributed by atoms with Crippen LogP contribution in [0, 0.1) is 0 Å². The predicted molar refractivity (Wildman–Crippen MR) is 59.4 cm³/mol. The average Bonchev–Trinajstić information content (AvgIpc) is 2.67. The zero-order valence-electron chi connectivity index (χ0n) is 8.28. The molecule has 0 saturated heterocycles. The Morgan fingerprint density at radius 1 is 1.50 bits per heavy atom. The number of aliphatic hydroxyl groups is 1. The van der Waals surface area contributed by atoms with E-state index >= 15 is 0 Å². The van der Waals surface area contributed by atoms with Crippen LogP contribution >= 0.6 is 11.3 Å². The van der Waals surface area contributed by atoms with Gasteiger partial charge in [0.2, 0.25) is 0 Å². The summed E-state index contributed by atoms with van der Waals surface area (Å²) in [5, 5.41) is 15.1. The molecule has 0 bridgehead atoms. The van der Waals surface area contributed by atoms with Crippen LogP contribution in [0.5, 0.6) is 0 Å². The minimum Gasteiger partial charge on any atom is -0.393 e. The van der Waals surface area contributed by atoms with Gasteiger partial charge in [-0.15, -0.1) is 11.3 Å². The van der Waals surface area contributed by atoms with Crippen LogP contribution in [-0.2, 0) is 6.54 Å². The van der Waals surface area contributed by atoms with E-state index in [2.05, 4.69) is 22.8 Å². The zero-order valence-corrected chi connectivity index (χ0v) is 9.09. The highest BCUT2D eigenvalue weighted by Crippen LogP contribution is 2.19. The summed E-state index contributed by atoms with van der Waals surface area (Å²) in [4.78, 5) is 1.38. The molecule has 0 aliphatic heterocycles. The van der Waals surface area contributed by atoms with Crippen molar-refractivity contribution in [3.8, 4) is 0 Å². The van der Waals surface area contributed by atoms with Crippen molar-refractivity contribution in [3.63, 3.8) is 0 Å². The maximum atomic E-state index is 9.50. The lowest BCUT2D eigenvalue weighted by atomic mass is 9.93. The number of rotatable bonds is 3. The van der Waals surface area contributed by atoms with Crippen molar-refractivity contribution in [2.75, 3.05) is 0 Å². The Morgan fingerprint density at radius 2 is 2.43 bits per heavy atom. The van der Waals surface area contributed by atoms with E-state index in [-0.39, 0.29) is 6.10 Å². The first-order chi connectivity index (χ1) is 6.84. The Morgan fingerprint density at radius 3 is 3.14 bits per heavy atom. The topological polar surface area (TPSA) is 32.3 Å². The fraction of sp³-hybridized carbons (Fsp3) is 0.636. The number of thiophene rings is 1. The number of aliphatic hydroxyl groups excluding tert-OH is 1. The molecule has 78 valence electrons. The van der Waals surface area contributed by atoms with Gasteiger partial charge in [0.05, 0.1) is 6.10 Å². The van der Waals surface area contributed by atoms with Crippen molar-refractivity contribution in [3.05, 3.63) is 22.4 Å². The van der Waals surface area contributed by atoms with Crippen molar-refractivity contribution in [1.29, 1.82) is 0 Å². The summed E-state index contributed by atoms with van der Waals surface area (Å²) in [7, 11) is 0. The van der Waals surface area contributed by atoms with Gasteiger partial charge in [0.15, 0.2) is 0 Å². The van der Waals surface area contributed by atoms with Gasteiger partial charge < -0.3 is 10.4 Å². The monoisotopic (exact) mass is 211 g/mol. The van der Waals surface area contributed by atoms with Crippen LogP contribution in [-0.4, -0.2) is 17.3 Å². The molecule has 3 heteroatoms. The summed E-state index contributed by atoms with van der Waals surface area (Å²) >= 11 is 1.79. The second-order valence-electron chi connectivity index (χ2n) is 3.98. The molecule has 0 aromatic carbocycles. The van der Waals surface area contributed by atoms with Crippen LogP contribution in [0.15, 0.2) is 17.5 Å². The smallest absolute Gasteiger partial charge is 0.0555 e. The highest BCUT2D eigenvalue weighted by molar-refractivity contribution is 7.09. The SMILES string of the molecule is OC1CCCC(NCc2cccs2)C1. The minimum absolute atomic E-state index is 0.0791. The second kappa shape index (κ2) is 4.91. The maximum absolute atomic E-state index is 9.50. The fourth-order valence-electron chi connectivity index (χ4n) is 2.01. The van der Waals surface area contributed by atoms with Gasteiger partial charge in [-0.3, -0.25) is 0 Å². The zero-order chi connectivity index (χ0) is 9.80. The first kappa shape index (κ1) is 10.1. The van der Waals surface area contributed by atoms with Gasteiger partial charge in [0, 0.05) is 17.5 Å². The van der Waals surface area contributed by atoms with Crippen molar-refractivity contribution in [2.45, 2.75) is 44.4 Å². The van der Waals surface area contributed by atoms with Crippen molar-refractivity contribution in [1.82, 2.24) is 5.32 Å². The molecule has 1 aliphatic carbocycles. The molecule has 1 aromatic rings. The van der Waals surface area contributed by atoms with Crippen molar-refractivity contribution in [2.24, 2.45) is 0 Å². The molecule has 1 heterocycles. The van der Waals surface area contributed by atoms with E-state index in [4.69, 9.17) is 0 Å². The van der Waals surface area contributed by atoms with Crippen LogP contribution in [0.3, 0.4) is 0 Å². The second-order valence-corrected chi connectivity index (χ2v) is 5.01. The van der Waals surface area contributed by atoms with Crippen LogP contribution in [0.1, 0.15) is 30.6 Å². The molecule has 2 unspecified atom stereocenters. The number of nitrogens with one attached hydrogen (secondary N) is 1. The van der Waals surface area contributed by atoms with Crippen molar-refractivity contribution >= 4 is 11.3 Å². The number of hydrogen-bond donors (Lipinski definition) is 2. The van der Waals surface area contributed by atoms with Gasteiger partial charge in [-0.05, 0) is 37.1 Å². The molecule has 14 heavy (non-hydrogen) atoms. The highest BCUT2D eigenvalue weighted by atomic mass is 32.1. The molecule has 2 nitrogen and oxygen atoms in total. The molecule has 1 aliphatic rings. The van der Waals surface area contributed by atoms with Gasteiger partial charge in [-0.1, -0.05) is 6.07 Å². The summed E-state index contributed by atoms with van der Waals surface area (Å²) in [6.07, 6.45) is 4.19. The average molecular weight is 211 g/mol. The molecule has 2 atom stereocenters. The van der Waals surface area contributed by atoms with E-state index < -0.39 is 0 Å². The number of hydrogen-bond acceptors (Lipinski definition) is 3. The third kappa shape index (κ3) is 2.80. The van der Waals surface area contributed by atoms with Crippen LogP contribution < -0.4 is 5.32 Å². The summed E-state index contributed by atoms with van der Waals surface area (Å²) in [6.45, 7) is 0.953. The van der Waals surface area contributed by atoms with Gasteiger partial charge >= 0.3 is 0 Å². The van der Waals surface area contributed by atoms with E-state index in [0.29, 0.717) is 6.04 Å². The lowest BCUT2D eigenvalue weighted by Gasteiger charge is -2.26. The first-order valence-corrected chi connectivity index (χ1v) is 6.16. The normalized spacial score (nSPS) is 27.8. The van der Waals surface area contributed by atoms with Crippen LogP contribution in [0.25, 0.3) is 0 Å². The summed E-state index contributed by atoms with van der Waals surface area (Å²) in [6, 6.07) is 4.75. The molecular weight excluding hydrogens is 194 g/mol. The minimum atomic E-state index is -0.0791. The van der Waals surface area contributed by atoms with Crippen LogP contribution in [0.2, 0.25) is 0 Å². The molecule has 0 radical (unpaired) electrons. The lowest BCUT2D eigenvalue weighted by Crippen LogP contribution is -2.35. The Labute approximate surface area is 89.0 Å². The van der Waals surface area contributed by atoms with E-state index in [9.17, 15) is 5.11 Å². The highest BCUT2D eigenvalue weighted by Gasteiger charge is 2.19. The molecule has 0 amide bonds. The molecule has 2 N–H and O–H groups in total. The quantitative estimate of drug-likeness (QED) is 0.803. The van der Waals surface area contributed by atoms with Gasteiger partial charge in [0.1, 0.15) is 0 Å². The molecule has 2 rings (SSSR count). The molecular formula is C11H17NOS. The molecule has 1 aromatic heterocycles. The Hall–Kier alpha value is -0.380.